The lowest BCUT2D eigenvalue weighted by Crippen LogP contribution is -2.43. The van der Waals surface area contributed by atoms with Gasteiger partial charge in [0, 0.05) is 46.3 Å². The highest BCUT2D eigenvalue weighted by molar-refractivity contribution is 5.98. The maximum Gasteiger partial charge on any atom is 0.226 e. The zero-order valence-corrected chi connectivity index (χ0v) is 20.3. The van der Waals surface area contributed by atoms with Crippen LogP contribution in [-0.2, 0) is 16.6 Å². The maximum absolute atomic E-state index is 15.1. The Kier molecular flexibility index (Phi) is 5.52. The molecule has 2 aromatic heterocycles. The Hall–Kier alpha value is -3.72. The molecule has 0 saturated heterocycles. The fourth-order valence-electron chi connectivity index (χ4n) is 6.10. The molecule has 2 heterocycles. The van der Waals surface area contributed by atoms with Crippen LogP contribution >= 0.6 is 0 Å². The first-order valence-corrected chi connectivity index (χ1v) is 12.8. The minimum absolute atomic E-state index is 0.0682. The molecule has 0 spiro atoms. The number of nitrogens with zero attached hydrogens (tertiary/aromatic N) is 4. The van der Waals surface area contributed by atoms with E-state index in [0.29, 0.717) is 35.8 Å². The molecule has 0 amide bonds. The molecule has 0 bridgehead atoms. The van der Waals surface area contributed by atoms with Crippen LogP contribution < -0.4 is 0 Å². The van der Waals surface area contributed by atoms with Crippen LogP contribution in [0.25, 0.3) is 27.5 Å². The summed E-state index contributed by atoms with van der Waals surface area (Å²) in [6.45, 7) is 9.75. The Morgan fingerprint density at radius 3 is 2.75 bits per heavy atom. The normalized spacial score (nSPS) is 22.9. The molecule has 0 aliphatic heterocycles. The summed E-state index contributed by atoms with van der Waals surface area (Å²) in [4.78, 5) is 31.0. The largest absolute Gasteiger partial charge is 0.308 e. The second-order valence-electron chi connectivity index (χ2n) is 10.2. The molecule has 1 aromatic carbocycles. The van der Waals surface area contributed by atoms with E-state index in [1.807, 2.05) is 18.2 Å². The predicted octanol–water partition coefficient (Wildman–Crippen LogP) is 6.60. The van der Waals surface area contributed by atoms with Crippen LogP contribution in [-0.4, -0.2) is 20.7 Å². The van der Waals surface area contributed by atoms with Crippen LogP contribution in [0.5, 0.6) is 0 Å². The topological polar surface area (TPSA) is 60.1 Å². The second kappa shape index (κ2) is 8.74. The third kappa shape index (κ3) is 3.65. The van der Waals surface area contributed by atoms with E-state index in [4.69, 9.17) is 16.5 Å². The van der Waals surface area contributed by atoms with Gasteiger partial charge in [0.2, 0.25) is 5.70 Å². The highest BCUT2D eigenvalue weighted by Crippen LogP contribution is 2.52. The second-order valence-corrected chi connectivity index (χ2v) is 10.2. The summed E-state index contributed by atoms with van der Waals surface area (Å²) in [6, 6.07) is 10.7. The highest BCUT2D eigenvalue weighted by atomic mass is 19.1. The standard InChI is InChI=1S/C30H27FN4O/c1-3-13-30-17-25(32-2)26(36)16-20(30)10-11-22-27(21-6-4-5-7-23(21)31)34-29(35-28(22)30)19-12-14-33-24(15-19)18-8-9-18/h4-7,12,14-15,17-18,20H,3,8-11,13,16H2,1H3/t20-,30-/m1/s1. The number of carbonyl (C=O) groups excluding carboxylic acids is 1. The number of halogens is 1. The van der Waals surface area contributed by atoms with E-state index in [9.17, 15) is 4.79 Å². The summed E-state index contributed by atoms with van der Waals surface area (Å²) < 4.78 is 15.1. The zero-order valence-electron chi connectivity index (χ0n) is 20.3. The first kappa shape index (κ1) is 22.7. The van der Waals surface area contributed by atoms with Crippen molar-refractivity contribution in [3.8, 4) is 22.6 Å². The predicted molar refractivity (Wildman–Crippen MR) is 135 cm³/mol. The summed E-state index contributed by atoms with van der Waals surface area (Å²) in [5.41, 5.74) is 4.41. The van der Waals surface area contributed by atoms with Crippen LogP contribution in [0.1, 0.15) is 68.3 Å². The SMILES string of the molecule is [C-]#[N+]C1=C[C@@]2(CCC)c3nc(-c4ccnc(C5CC5)c4)nc(-c4ccccc4F)c3CC[C@@H]2CC1=O. The molecule has 3 aliphatic rings. The third-order valence-electron chi connectivity index (χ3n) is 7.98. The Balaban J connectivity index is 1.64. The molecule has 6 rings (SSSR count). The smallest absolute Gasteiger partial charge is 0.226 e. The van der Waals surface area contributed by atoms with Gasteiger partial charge >= 0.3 is 0 Å². The minimum atomic E-state index is -0.541. The summed E-state index contributed by atoms with van der Waals surface area (Å²) in [7, 11) is 0. The average Bonchev–Trinajstić information content (AvgIpc) is 3.74. The number of carbonyl (C=O) groups is 1. The van der Waals surface area contributed by atoms with Crippen molar-refractivity contribution < 1.29 is 9.18 Å². The van der Waals surface area contributed by atoms with Crippen LogP contribution in [0.4, 0.5) is 4.39 Å². The van der Waals surface area contributed by atoms with Crippen LogP contribution in [0, 0.1) is 18.3 Å². The van der Waals surface area contributed by atoms with E-state index in [1.165, 1.54) is 6.07 Å². The van der Waals surface area contributed by atoms with Crippen molar-refractivity contribution in [2.45, 2.75) is 63.2 Å². The lowest BCUT2D eigenvalue weighted by atomic mass is 9.59. The van der Waals surface area contributed by atoms with Gasteiger partial charge in [-0.15, -0.1) is 0 Å². The number of rotatable bonds is 5. The first-order chi connectivity index (χ1) is 17.5. The number of benzene rings is 1. The van der Waals surface area contributed by atoms with Crippen molar-refractivity contribution >= 4 is 5.78 Å². The van der Waals surface area contributed by atoms with Crippen molar-refractivity contribution in [1.29, 1.82) is 0 Å². The van der Waals surface area contributed by atoms with E-state index < -0.39 is 5.41 Å². The average molecular weight is 479 g/mol. The van der Waals surface area contributed by atoms with Crippen LogP contribution in [0.15, 0.2) is 54.4 Å². The Bertz CT molecular complexity index is 1450. The summed E-state index contributed by atoms with van der Waals surface area (Å²) in [5.74, 6) is 0.691. The molecule has 0 unspecified atom stereocenters. The number of Topliss-reactive ketones (excluding diaryl/α,β-unsaturated/α-hetero) is 1. The monoisotopic (exact) mass is 478 g/mol. The lowest BCUT2D eigenvalue weighted by molar-refractivity contribution is -0.117. The number of hydrogen-bond acceptors (Lipinski definition) is 4. The van der Waals surface area contributed by atoms with Gasteiger partial charge in [-0.1, -0.05) is 31.6 Å². The first-order valence-electron chi connectivity index (χ1n) is 12.8. The molecule has 6 heteroatoms. The van der Waals surface area contributed by atoms with Gasteiger partial charge in [-0.3, -0.25) is 4.98 Å². The molecule has 180 valence electrons. The number of aromatic nitrogens is 3. The van der Waals surface area contributed by atoms with Gasteiger partial charge in [0.25, 0.3) is 0 Å². The molecule has 1 saturated carbocycles. The molecular weight excluding hydrogens is 451 g/mol. The fraction of sp³-hybridized carbons (Fsp3) is 0.367. The molecule has 0 N–H and O–H groups in total. The van der Waals surface area contributed by atoms with E-state index in [-0.39, 0.29) is 23.2 Å². The van der Waals surface area contributed by atoms with E-state index >= 15 is 4.39 Å². The van der Waals surface area contributed by atoms with Crippen LogP contribution in [0.2, 0.25) is 0 Å². The van der Waals surface area contributed by atoms with Crippen molar-refractivity contribution in [3.63, 3.8) is 0 Å². The van der Waals surface area contributed by atoms with Gasteiger partial charge in [-0.2, -0.15) is 0 Å². The fourth-order valence-corrected chi connectivity index (χ4v) is 6.10. The third-order valence-corrected chi connectivity index (χ3v) is 7.98. The minimum Gasteiger partial charge on any atom is -0.308 e. The molecule has 5 nitrogen and oxygen atoms in total. The Labute approximate surface area is 210 Å². The Morgan fingerprint density at radius 2 is 2.00 bits per heavy atom. The molecule has 1 fully saturated rings. The van der Waals surface area contributed by atoms with Gasteiger partial charge < -0.3 is 4.79 Å². The van der Waals surface area contributed by atoms with Gasteiger partial charge in [-0.25, -0.2) is 19.2 Å². The molecular formula is C30H27FN4O. The number of allylic oxidation sites excluding steroid dienone is 2. The van der Waals surface area contributed by atoms with Gasteiger partial charge in [-0.05, 0) is 62.3 Å². The number of ketones is 1. The highest BCUT2D eigenvalue weighted by Gasteiger charge is 2.48. The summed E-state index contributed by atoms with van der Waals surface area (Å²) in [6.07, 6.45) is 9.41. The van der Waals surface area contributed by atoms with E-state index in [1.54, 1.807) is 18.3 Å². The van der Waals surface area contributed by atoms with E-state index in [2.05, 4.69) is 22.8 Å². The molecule has 3 aromatic rings. The summed E-state index contributed by atoms with van der Waals surface area (Å²) >= 11 is 0. The van der Waals surface area contributed by atoms with Crippen molar-refractivity contribution in [2.24, 2.45) is 5.92 Å². The van der Waals surface area contributed by atoms with Crippen molar-refractivity contribution in [3.05, 3.63) is 88.6 Å². The molecule has 3 aliphatic carbocycles. The Morgan fingerprint density at radius 1 is 1.17 bits per heavy atom. The van der Waals surface area contributed by atoms with Gasteiger partial charge in [0.1, 0.15) is 5.82 Å². The number of hydrogen-bond donors (Lipinski definition) is 0. The van der Waals surface area contributed by atoms with Gasteiger partial charge in [0.15, 0.2) is 11.6 Å². The van der Waals surface area contributed by atoms with Crippen molar-refractivity contribution in [2.75, 3.05) is 0 Å². The van der Waals surface area contributed by atoms with Gasteiger partial charge in [0.05, 0.1) is 18.0 Å². The molecule has 36 heavy (non-hydrogen) atoms. The quantitative estimate of drug-likeness (QED) is 0.388. The molecule has 0 radical (unpaired) electrons. The summed E-state index contributed by atoms with van der Waals surface area (Å²) in [5, 5.41) is 0. The number of fused-ring (bicyclic) bond motifs is 3. The maximum atomic E-state index is 15.1. The van der Waals surface area contributed by atoms with E-state index in [0.717, 1.165) is 54.6 Å². The van der Waals surface area contributed by atoms with Crippen LogP contribution in [0.3, 0.4) is 0 Å². The number of pyridine rings is 1. The zero-order chi connectivity index (χ0) is 24.9. The van der Waals surface area contributed by atoms with Crippen molar-refractivity contribution in [1.82, 2.24) is 15.0 Å². The lowest BCUT2D eigenvalue weighted by Gasteiger charge is -2.45. The molecule has 2 atom stereocenters.